The normalized spacial score (nSPS) is 13.3. The second-order valence-corrected chi connectivity index (χ2v) is 10.1. The van der Waals surface area contributed by atoms with Gasteiger partial charge < -0.3 is 30.5 Å². The van der Waals surface area contributed by atoms with Gasteiger partial charge in [-0.3, -0.25) is 9.69 Å². The van der Waals surface area contributed by atoms with Gasteiger partial charge in [0.2, 0.25) is 0 Å². The second-order valence-electron chi connectivity index (χ2n) is 10.1. The molecule has 0 aliphatic carbocycles. The summed E-state index contributed by atoms with van der Waals surface area (Å²) in [5, 5.41) is 28.3. The summed E-state index contributed by atoms with van der Waals surface area (Å²) in [7, 11) is 0. The van der Waals surface area contributed by atoms with Crippen molar-refractivity contribution in [3.05, 3.63) is 89.1 Å². The number of rotatable bonds is 9. The van der Waals surface area contributed by atoms with Crippen molar-refractivity contribution in [3.63, 3.8) is 0 Å². The molecule has 222 valence electrons. The van der Waals surface area contributed by atoms with Crippen molar-refractivity contribution < 1.29 is 24.3 Å². The first-order valence-electron chi connectivity index (χ1n) is 14.4. The zero-order chi connectivity index (χ0) is 29.9. The number of amides is 1. The number of carbonyl (C=O) groups excluding carboxylic acids is 1. The van der Waals surface area contributed by atoms with Crippen LogP contribution in [0.1, 0.15) is 41.0 Å². The predicted octanol–water partition coefficient (Wildman–Crippen LogP) is 4.75. The molecule has 0 atom stereocenters. The molecule has 1 aromatic heterocycles. The van der Waals surface area contributed by atoms with Crippen LogP contribution in [0.4, 0.5) is 0 Å². The number of aryl methyl sites for hydroxylation is 2. The lowest BCUT2D eigenvalue weighted by atomic mass is 9.95. The molecule has 2 heterocycles. The van der Waals surface area contributed by atoms with Crippen molar-refractivity contribution in [2.45, 2.75) is 33.2 Å². The van der Waals surface area contributed by atoms with E-state index in [1.165, 1.54) is 6.07 Å². The summed E-state index contributed by atoms with van der Waals surface area (Å²) in [5.74, 6) is -0.234. The number of ether oxygens (including phenoxy) is 1. The number of nitrogens with zero attached hydrogens (tertiary/aromatic N) is 2. The quantitative estimate of drug-likeness (QED) is 0.226. The van der Waals surface area contributed by atoms with Gasteiger partial charge in [0.25, 0.3) is 5.91 Å². The first-order valence-corrected chi connectivity index (χ1v) is 14.4. The van der Waals surface area contributed by atoms with Crippen molar-refractivity contribution in [1.29, 1.82) is 0 Å². The van der Waals surface area contributed by atoms with Gasteiger partial charge in [-0.15, -0.1) is 0 Å². The summed E-state index contributed by atoms with van der Waals surface area (Å²) in [6, 6.07) is 21.0. The molecule has 0 radical (unpaired) electrons. The Bertz CT molecular complexity index is 1430. The fourth-order valence-electron chi connectivity index (χ4n) is 4.86. The van der Waals surface area contributed by atoms with Crippen LogP contribution in [0, 0.1) is 0 Å². The number of phenols is 2. The van der Waals surface area contributed by atoms with Gasteiger partial charge >= 0.3 is 0 Å². The smallest absolute Gasteiger partial charge is 0.274 e. The zero-order valence-corrected chi connectivity index (χ0v) is 24.3. The van der Waals surface area contributed by atoms with Crippen LogP contribution in [0.5, 0.6) is 11.5 Å². The number of phenolic OH excluding ortho intramolecular Hbond substituents is 2. The highest BCUT2D eigenvalue weighted by atomic mass is 16.5. The maximum atomic E-state index is 12.9. The van der Waals surface area contributed by atoms with Crippen LogP contribution in [-0.4, -0.2) is 65.6 Å². The molecule has 9 nitrogen and oxygen atoms in total. The van der Waals surface area contributed by atoms with E-state index in [0.29, 0.717) is 29.7 Å². The first kappa shape index (κ1) is 30.8. The molecule has 5 rings (SSSR count). The number of carbonyl (C=O) groups is 1. The number of benzene rings is 3. The topological polar surface area (TPSA) is 134 Å². The number of morpholine rings is 1. The predicted molar refractivity (Wildman–Crippen MR) is 163 cm³/mol. The minimum atomic E-state index is -0.359. The molecule has 5 N–H and O–H groups in total. The monoisotopic (exact) mass is 572 g/mol. The second kappa shape index (κ2) is 15.2. The minimum absolute atomic E-state index is 0.00432. The van der Waals surface area contributed by atoms with E-state index in [0.717, 1.165) is 62.5 Å². The van der Waals surface area contributed by atoms with Crippen LogP contribution in [0.15, 0.2) is 71.3 Å². The van der Waals surface area contributed by atoms with Crippen LogP contribution in [0.3, 0.4) is 0 Å². The summed E-state index contributed by atoms with van der Waals surface area (Å²) >= 11 is 0. The minimum Gasteiger partial charge on any atom is -0.508 e. The Kier molecular flexibility index (Phi) is 11.1. The number of hydrogen-bond acceptors (Lipinski definition) is 8. The maximum absolute atomic E-state index is 12.9. The highest BCUT2D eigenvalue weighted by Crippen LogP contribution is 2.42. The Hall–Kier alpha value is -4.18. The highest BCUT2D eigenvalue weighted by molar-refractivity contribution is 6.02. The number of hydrogen-bond donors (Lipinski definition) is 4. The summed E-state index contributed by atoms with van der Waals surface area (Å²) in [4.78, 5) is 15.3. The Morgan fingerprint density at radius 2 is 1.64 bits per heavy atom. The lowest BCUT2D eigenvalue weighted by molar-refractivity contribution is 0.0342. The van der Waals surface area contributed by atoms with Crippen LogP contribution in [0.2, 0.25) is 0 Å². The van der Waals surface area contributed by atoms with Crippen LogP contribution < -0.4 is 11.1 Å². The van der Waals surface area contributed by atoms with Gasteiger partial charge in [0.1, 0.15) is 11.5 Å². The number of nitrogens with two attached hydrogens (primary N) is 1. The van der Waals surface area contributed by atoms with Gasteiger partial charge in [0.05, 0.1) is 24.3 Å². The molecule has 1 saturated heterocycles. The first-order chi connectivity index (χ1) is 20.4. The number of nitrogens with one attached hydrogen (secondary N) is 1. The third kappa shape index (κ3) is 7.76. The molecule has 9 heteroatoms. The molecule has 1 fully saturated rings. The van der Waals surface area contributed by atoms with Crippen molar-refractivity contribution in [2.75, 3.05) is 39.4 Å². The van der Waals surface area contributed by atoms with Gasteiger partial charge in [0, 0.05) is 32.2 Å². The third-order valence-corrected chi connectivity index (χ3v) is 6.96. The molecule has 0 saturated carbocycles. The van der Waals surface area contributed by atoms with Gasteiger partial charge in [-0.2, -0.15) is 0 Å². The maximum Gasteiger partial charge on any atom is 0.274 e. The summed E-state index contributed by atoms with van der Waals surface area (Å²) in [6.45, 7) is 9.00. The number of aromatic nitrogens is 1. The molecule has 0 spiro atoms. The molecule has 1 aliphatic heterocycles. The zero-order valence-electron chi connectivity index (χ0n) is 24.3. The Morgan fingerprint density at radius 1 is 0.952 bits per heavy atom. The standard InChI is InChI=1S/C31H33N3O5.C2H7N/c1-2-32-31(37)29-28(23-11-9-22(10-12-23)20-34-14-16-38-17-15-34)30(39-33-29)25-18-24(26(35)19-27(25)36)13-8-21-6-4-3-5-7-21;1-2-3/h3-7,9-12,18-19,35-36H,2,8,13-17,20H2,1H3,(H,32,37);2-3H2,1H3. The Morgan fingerprint density at radius 3 is 2.31 bits per heavy atom. The van der Waals surface area contributed by atoms with Crippen LogP contribution in [0.25, 0.3) is 22.5 Å². The van der Waals surface area contributed by atoms with E-state index in [1.807, 2.05) is 68.4 Å². The van der Waals surface area contributed by atoms with Crippen molar-refractivity contribution in [3.8, 4) is 33.9 Å². The van der Waals surface area contributed by atoms with Crippen molar-refractivity contribution >= 4 is 5.91 Å². The fraction of sp³-hybridized carbons (Fsp3) is 0.333. The van der Waals surface area contributed by atoms with E-state index in [-0.39, 0.29) is 28.9 Å². The SMILES string of the molecule is CCN.CCNC(=O)c1noc(-c2cc(CCc3ccccc3)c(O)cc2O)c1-c1ccc(CN2CCOCC2)cc1. The lowest BCUT2D eigenvalue weighted by Crippen LogP contribution is -2.35. The summed E-state index contributed by atoms with van der Waals surface area (Å²) in [5.41, 5.74) is 9.55. The van der Waals surface area contributed by atoms with Gasteiger partial charge in [-0.25, -0.2) is 0 Å². The lowest BCUT2D eigenvalue weighted by Gasteiger charge is -2.26. The van der Waals surface area contributed by atoms with Gasteiger partial charge in [-0.1, -0.05) is 66.7 Å². The van der Waals surface area contributed by atoms with E-state index in [4.69, 9.17) is 15.0 Å². The van der Waals surface area contributed by atoms with Crippen LogP contribution in [-0.2, 0) is 24.1 Å². The van der Waals surface area contributed by atoms with E-state index in [2.05, 4.69) is 15.4 Å². The fourth-order valence-corrected chi connectivity index (χ4v) is 4.86. The largest absolute Gasteiger partial charge is 0.508 e. The van der Waals surface area contributed by atoms with Crippen molar-refractivity contribution in [2.24, 2.45) is 5.73 Å². The van der Waals surface area contributed by atoms with E-state index in [9.17, 15) is 15.0 Å². The van der Waals surface area contributed by atoms with Crippen molar-refractivity contribution in [1.82, 2.24) is 15.4 Å². The molecular formula is C33H40N4O5. The van der Waals surface area contributed by atoms with Gasteiger partial charge in [0.15, 0.2) is 11.5 Å². The van der Waals surface area contributed by atoms with E-state index >= 15 is 0 Å². The molecule has 1 aliphatic rings. The summed E-state index contributed by atoms with van der Waals surface area (Å²) in [6.07, 6.45) is 1.28. The van der Waals surface area contributed by atoms with E-state index < -0.39 is 0 Å². The third-order valence-electron chi connectivity index (χ3n) is 6.96. The molecule has 0 unspecified atom stereocenters. The number of aromatic hydroxyl groups is 2. The Balaban J connectivity index is 0.00000129. The average molecular weight is 573 g/mol. The molecule has 1 amide bonds. The van der Waals surface area contributed by atoms with E-state index in [1.54, 1.807) is 6.07 Å². The highest BCUT2D eigenvalue weighted by Gasteiger charge is 2.26. The molecule has 4 aromatic rings. The Labute approximate surface area is 246 Å². The average Bonchev–Trinajstić information content (AvgIpc) is 3.44. The molecular weight excluding hydrogens is 532 g/mol. The van der Waals surface area contributed by atoms with Crippen LogP contribution >= 0.6 is 0 Å². The van der Waals surface area contributed by atoms with Gasteiger partial charge in [-0.05, 0) is 54.6 Å². The molecule has 3 aromatic carbocycles. The molecule has 0 bridgehead atoms. The summed E-state index contributed by atoms with van der Waals surface area (Å²) < 4.78 is 11.2. The molecule has 42 heavy (non-hydrogen) atoms.